The van der Waals surface area contributed by atoms with Crippen molar-refractivity contribution in [3.05, 3.63) is 58.9 Å². The van der Waals surface area contributed by atoms with Gasteiger partial charge in [0.05, 0.1) is 27.3 Å². The highest BCUT2D eigenvalue weighted by molar-refractivity contribution is 6.32. The summed E-state index contributed by atoms with van der Waals surface area (Å²) in [5.74, 6) is 4.57. The second kappa shape index (κ2) is 5.81. The number of nitrogen functional groups attached to an aromatic ring is 1. The minimum Gasteiger partial charge on any atom is -0.297 e. The highest BCUT2D eigenvalue weighted by Gasteiger charge is 2.31. The second-order valence-electron chi connectivity index (χ2n) is 4.96. The van der Waals surface area contributed by atoms with E-state index >= 15 is 0 Å². The van der Waals surface area contributed by atoms with Crippen LogP contribution >= 0.6 is 11.6 Å². The van der Waals surface area contributed by atoms with Gasteiger partial charge in [-0.15, -0.1) is 0 Å². The lowest BCUT2D eigenvalue weighted by Crippen LogP contribution is -2.29. The maximum absolute atomic E-state index is 12.9. The van der Waals surface area contributed by atoms with Crippen LogP contribution < -0.4 is 11.3 Å². The molecule has 9 heteroatoms. The van der Waals surface area contributed by atoms with Gasteiger partial charge in [-0.05, 0) is 36.4 Å². The van der Waals surface area contributed by atoms with Crippen molar-refractivity contribution in [3.63, 3.8) is 0 Å². The molecule has 24 heavy (non-hydrogen) atoms. The summed E-state index contributed by atoms with van der Waals surface area (Å²) in [6, 6.07) is 7.55. The molecule has 1 amide bonds. The Bertz CT molecular complexity index is 936. The topological polar surface area (TPSA) is 72.9 Å². The SMILES string of the molecule is NNC(=O)c1ccc2ncn(-c3cc(C(F)(F)F)ccc3Cl)c2c1. The Balaban J connectivity index is 2.21. The average molecular weight is 355 g/mol. The van der Waals surface area contributed by atoms with E-state index in [4.69, 9.17) is 17.4 Å². The van der Waals surface area contributed by atoms with Crippen LogP contribution in [0.15, 0.2) is 42.7 Å². The van der Waals surface area contributed by atoms with Crippen molar-refractivity contribution >= 4 is 28.5 Å². The first-order valence-electron chi connectivity index (χ1n) is 6.66. The van der Waals surface area contributed by atoms with Gasteiger partial charge in [0.2, 0.25) is 0 Å². The maximum atomic E-state index is 12.9. The van der Waals surface area contributed by atoms with E-state index in [9.17, 15) is 18.0 Å². The van der Waals surface area contributed by atoms with E-state index in [1.165, 1.54) is 29.1 Å². The first-order valence-corrected chi connectivity index (χ1v) is 7.04. The maximum Gasteiger partial charge on any atom is 0.416 e. The minimum absolute atomic E-state index is 0.110. The van der Waals surface area contributed by atoms with Crippen LogP contribution in [0.1, 0.15) is 15.9 Å². The third-order valence-corrected chi connectivity index (χ3v) is 3.79. The quantitative estimate of drug-likeness (QED) is 0.421. The first kappa shape index (κ1) is 16.3. The fraction of sp³-hybridized carbons (Fsp3) is 0.0667. The van der Waals surface area contributed by atoms with Gasteiger partial charge in [0, 0.05) is 5.56 Å². The molecule has 0 bridgehead atoms. The molecule has 0 aliphatic carbocycles. The van der Waals surface area contributed by atoms with Gasteiger partial charge >= 0.3 is 6.18 Å². The van der Waals surface area contributed by atoms with Crippen LogP contribution in [-0.4, -0.2) is 15.5 Å². The van der Waals surface area contributed by atoms with Crippen molar-refractivity contribution in [3.8, 4) is 5.69 Å². The van der Waals surface area contributed by atoms with Crippen LogP contribution in [0.5, 0.6) is 0 Å². The summed E-state index contributed by atoms with van der Waals surface area (Å²) in [7, 11) is 0. The van der Waals surface area contributed by atoms with Crippen molar-refractivity contribution in [2.75, 3.05) is 0 Å². The number of fused-ring (bicyclic) bond motifs is 1. The molecule has 3 rings (SSSR count). The van der Waals surface area contributed by atoms with E-state index in [-0.39, 0.29) is 16.3 Å². The number of hydrazine groups is 1. The second-order valence-corrected chi connectivity index (χ2v) is 5.36. The van der Waals surface area contributed by atoms with Crippen molar-refractivity contribution in [1.29, 1.82) is 0 Å². The molecule has 3 N–H and O–H groups in total. The van der Waals surface area contributed by atoms with Gasteiger partial charge in [0.25, 0.3) is 5.91 Å². The van der Waals surface area contributed by atoms with Gasteiger partial charge in [-0.2, -0.15) is 13.2 Å². The van der Waals surface area contributed by atoms with Crippen molar-refractivity contribution < 1.29 is 18.0 Å². The van der Waals surface area contributed by atoms with Crippen LogP contribution in [0.3, 0.4) is 0 Å². The largest absolute Gasteiger partial charge is 0.416 e. The van der Waals surface area contributed by atoms with E-state index < -0.39 is 17.6 Å². The average Bonchev–Trinajstić information content (AvgIpc) is 2.96. The number of nitrogens with one attached hydrogen (secondary N) is 1. The molecular weight excluding hydrogens is 345 g/mol. The molecule has 0 saturated heterocycles. The number of alkyl halides is 3. The fourth-order valence-corrected chi connectivity index (χ4v) is 2.51. The Morgan fingerprint density at radius 3 is 2.62 bits per heavy atom. The monoisotopic (exact) mass is 354 g/mol. The van der Waals surface area contributed by atoms with E-state index in [0.717, 1.165) is 12.1 Å². The molecule has 124 valence electrons. The molecule has 3 aromatic rings. The molecular formula is C15H10ClF3N4O. The van der Waals surface area contributed by atoms with Crippen LogP contribution in [0.2, 0.25) is 5.02 Å². The summed E-state index contributed by atoms with van der Waals surface area (Å²) in [4.78, 5) is 15.8. The smallest absolute Gasteiger partial charge is 0.297 e. The Morgan fingerprint density at radius 1 is 1.21 bits per heavy atom. The van der Waals surface area contributed by atoms with E-state index in [0.29, 0.717) is 11.0 Å². The summed E-state index contributed by atoms with van der Waals surface area (Å²) in [6.07, 6.45) is -3.16. The third kappa shape index (κ3) is 2.81. The normalized spacial score (nSPS) is 11.7. The Kier molecular flexibility index (Phi) is 3.94. The molecule has 0 unspecified atom stereocenters. The van der Waals surface area contributed by atoms with Gasteiger partial charge in [-0.25, -0.2) is 10.8 Å². The molecule has 0 aliphatic rings. The number of halogens is 4. The van der Waals surface area contributed by atoms with Crippen molar-refractivity contribution in [1.82, 2.24) is 15.0 Å². The minimum atomic E-state index is -4.50. The molecule has 0 atom stereocenters. The summed E-state index contributed by atoms with van der Waals surface area (Å²) in [6.45, 7) is 0. The van der Waals surface area contributed by atoms with E-state index in [1.807, 2.05) is 5.43 Å². The zero-order valence-electron chi connectivity index (χ0n) is 11.9. The van der Waals surface area contributed by atoms with Crippen LogP contribution in [0.4, 0.5) is 13.2 Å². The third-order valence-electron chi connectivity index (χ3n) is 3.47. The standard InChI is InChI=1S/C15H10ClF3N4O/c16-10-3-2-9(15(17,18)19)6-12(10)23-7-21-11-4-1-8(5-13(11)23)14(24)22-20/h1-7H,20H2,(H,22,24). The number of carbonyl (C=O) groups excluding carboxylic acids is 1. The summed E-state index contributed by atoms with van der Waals surface area (Å²) in [5, 5.41) is 0.121. The number of carbonyl (C=O) groups is 1. The van der Waals surface area contributed by atoms with Gasteiger partial charge in [0.1, 0.15) is 6.33 Å². The Hall–Kier alpha value is -2.58. The van der Waals surface area contributed by atoms with Crippen molar-refractivity contribution in [2.45, 2.75) is 6.18 Å². The van der Waals surface area contributed by atoms with Crippen molar-refractivity contribution in [2.24, 2.45) is 5.84 Å². The lowest BCUT2D eigenvalue weighted by Gasteiger charge is -2.12. The summed E-state index contributed by atoms with van der Waals surface area (Å²) in [5.41, 5.74) is 2.44. The molecule has 0 fully saturated rings. The van der Waals surface area contributed by atoms with E-state index in [2.05, 4.69) is 4.98 Å². The number of aromatic nitrogens is 2. The number of nitrogens with two attached hydrogens (primary N) is 1. The zero-order valence-corrected chi connectivity index (χ0v) is 12.7. The van der Waals surface area contributed by atoms with Gasteiger partial charge < -0.3 is 0 Å². The number of amides is 1. The van der Waals surface area contributed by atoms with Gasteiger partial charge in [-0.3, -0.25) is 14.8 Å². The molecule has 0 radical (unpaired) electrons. The number of imidazole rings is 1. The predicted molar refractivity (Wildman–Crippen MR) is 82.7 cm³/mol. The number of nitrogens with zero attached hydrogens (tertiary/aromatic N) is 2. The fourth-order valence-electron chi connectivity index (χ4n) is 2.30. The highest BCUT2D eigenvalue weighted by atomic mass is 35.5. The summed E-state index contributed by atoms with van der Waals surface area (Å²) >= 11 is 6.05. The molecule has 0 spiro atoms. The molecule has 2 aromatic carbocycles. The van der Waals surface area contributed by atoms with E-state index in [1.54, 1.807) is 6.07 Å². The number of hydrogen-bond acceptors (Lipinski definition) is 3. The molecule has 1 aromatic heterocycles. The number of benzene rings is 2. The Labute approximate surface area is 138 Å². The predicted octanol–water partition coefficient (Wildman–Crippen LogP) is 3.30. The molecule has 0 aliphatic heterocycles. The lowest BCUT2D eigenvalue weighted by molar-refractivity contribution is -0.137. The van der Waals surface area contributed by atoms with Crippen LogP contribution in [0.25, 0.3) is 16.7 Å². The lowest BCUT2D eigenvalue weighted by atomic mass is 10.1. The summed E-state index contributed by atoms with van der Waals surface area (Å²) < 4.78 is 40.2. The highest BCUT2D eigenvalue weighted by Crippen LogP contribution is 2.34. The van der Waals surface area contributed by atoms with Crippen LogP contribution in [-0.2, 0) is 6.18 Å². The Morgan fingerprint density at radius 2 is 1.96 bits per heavy atom. The first-order chi connectivity index (χ1) is 11.3. The van der Waals surface area contributed by atoms with Gasteiger partial charge in [-0.1, -0.05) is 11.6 Å². The van der Waals surface area contributed by atoms with Crippen LogP contribution in [0, 0.1) is 0 Å². The number of hydrogen-bond donors (Lipinski definition) is 2. The van der Waals surface area contributed by atoms with Gasteiger partial charge in [0.15, 0.2) is 0 Å². The molecule has 0 saturated carbocycles. The molecule has 5 nitrogen and oxygen atoms in total. The zero-order chi connectivity index (χ0) is 17.5. The molecule has 1 heterocycles. The number of rotatable bonds is 2.